The van der Waals surface area contributed by atoms with E-state index in [9.17, 15) is 19.5 Å². The van der Waals surface area contributed by atoms with Crippen LogP contribution in [0.25, 0.3) is 11.1 Å². The highest BCUT2D eigenvalue weighted by Gasteiger charge is 2.40. The molecular formula is C42H40N4O7S. The Morgan fingerprint density at radius 2 is 1.57 bits per heavy atom. The summed E-state index contributed by atoms with van der Waals surface area (Å²) in [6, 6.07) is 33.4. The second-order valence-electron chi connectivity index (χ2n) is 13.3. The Balaban J connectivity index is 1.05. The number of hydrogen-bond donors (Lipinski definition) is 2. The van der Waals surface area contributed by atoms with E-state index in [1.54, 1.807) is 18.5 Å². The van der Waals surface area contributed by atoms with E-state index in [0.29, 0.717) is 10.9 Å². The quantitative estimate of drug-likeness (QED) is 0.0799. The van der Waals surface area contributed by atoms with Crippen molar-refractivity contribution in [3.8, 4) is 11.1 Å². The predicted molar refractivity (Wildman–Crippen MR) is 201 cm³/mol. The van der Waals surface area contributed by atoms with Gasteiger partial charge in [0, 0.05) is 29.6 Å². The number of carbonyl (C=O) groups excluding carboxylic acids is 3. The Bertz CT molecular complexity index is 2070. The molecule has 276 valence electrons. The van der Waals surface area contributed by atoms with Gasteiger partial charge in [-0.15, -0.1) is 0 Å². The molecule has 4 aromatic carbocycles. The molecule has 2 N–H and O–H groups in total. The van der Waals surface area contributed by atoms with Crippen LogP contribution >= 0.6 is 11.8 Å². The van der Waals surface area contributed by atoms with Crippen molar-refractivity contribution >= 4 is 29.7 Å². The number of carbonyl (C=O) groups is 3. The van der Waals surface area contributed by atoms with Crippen LogP contribution in [0.4, 0.5) is 4.79 Å². The van der Waals surface area contributed by atoms with Crippen molar-refractivity contribution in [2.45, 2.75) is 62.8 Å². The van der Waals surface area contributed by atoms with Crippen molar-refractivity contribution in [1.29, 1.82) is 0 Å². The van der Waals surface area contributed by atoms with E-state index < -0.39 is 24.3 Å². The number of aromatic nitrogens is 2. The number of hydrogen-bond acceptors (Lipinski definition) is 10. The summed E-state index contributed by atoms with van der Waals surface area (Å²) in [7, 11) is 0. The zero-order valence-corrected chi connectivity index (χ0v) is 30.4. The molecule has 5 aromatic rings. The smallest absolute Gasteiger partial charge is 0.408 e. The Labute approximate surface area is 317 Å². The largest absolute Gasteiger partial charge is 0.445 e. The maximum Gasteiger partial charge on any atom is 0.408 e. The van der Waals surface area contributed by atoms with Gasteiger partial charge < -0.3 is 24.6 Å². The molecule has 0 saturated carbocycles. The van der Waals surface area contributed by atoms with E-state index in [4.69, 9.17) is 14.2 Å². The first-order valence-electron chi connectivity index (χ1n) is 17.8. The molecular weight excluding hydrogens is 705 g/mol. The molecule has 2 saturated heterocycles. The van der Waals surface area contributed by atoms with Crippen LogP contribution in [0.5, 0.6) is 0 Å². The maximum absolute atomic E-state index is 13.2. The zero-order valence-electron chi connectivity index (χ0n) is 29.6. The molecule has 0 spiro atoms. The lowest BCUT2D eigenvalue weighted by molar-refractivity contribution is -0.268. The van der Waals surface area contributed by atoms with Gasteiger partial charge in [0.05, 0.1) is 31.8 Å². The number of imide groups is 1. The van der Waals surface area contributed by atoms with E-state index in [0.717, 1.165) is 38.9 Å². The lowest BCUT2D eigenvalue weighted by Crippen LogP contribution is -2.41. The van der Waals surface area contributed by atoms with Crippen LogP contribution in [0.15, 0.2) is 127 Å². The predicted octanol–water partition coefficient (Wildman–Crippen LogP) is 6.77. The number of aliphatic hydroxyl groups excluding tert-OH is 1. The van der Waals surface area contributed by atoms with Gasteiger partial charge in [0.1, 0.15) is 12.6 Å². The summed E-state index contributed by atoms with van der Waals surface area (Å²) >= 11 is 1.54. The fourth-order valence-electron chi connectivity index (χ4n) is 6.59. The van der Waals surface area contributed by atoms with Gasteiger partial charge in [0.2, 0.25) is 5.91 Å². The highest BCUT2D eigenvalue weighted by atomic mass is 32.2. The minimum Gasteiger partial charge on any atom is -0.445 e. The van der Waals surface area contributed by atoms with Crippen molar-refractivity contribution in [2.75, 3.05) is 5.75 Å². The van der Waals surface area contributed by atoms with Crippen LogP contribution in [0, 0.1) is 5.92 Å². The minimum absolute atomic E-state index is 0.00282. The molecule has 0 radical (unpaired) electrons. The molecule has 11 nitrogen and oxygen atoms in total. The van der Waals surface area contributed by atoms with E-state index in [2.05, 4.69) is 22.2 Å². The highest BCUT2D eigenvalue weighted by Crippen LogP contribution is 2.43. The van der Waals surface area contributed by atoms with Crippen LogP contribution in [-0.4, -0.2) is 55.8 Å². The molecule has 0 aliphatic carbocycles. The summed E-state index contributed by atoms with van der Waals surface area (Å²) in [5, 5.41) is 12.8. The molecule has 2 aliphatic heterocycles. The van der Waals surface area contributed by atoms with Crippen molar-refractivity contribution in [3.05, 3.63) is 149 Å². The first kappa shape index (κ1) is 36.9. The summed E-state index contributed by atoms with van der Waals surface area (Å²) < 4.78 is 18.6. The van der Waals surface area contributed by atoms with Gasteiger partial charge in [0.15, 0.2) is 11.4 Å². The Hall–Kier alpha value is -5.40. The number of benzene rings is 4. The van der Waals surface area contributed by atoms with Gasteiger partial charge in [-0.3, -0.25) is 14.5 Å². The minimum atomic E-state index is -0.988. The Morgan fingerprint density at radius 3 is 2.33 bits per heavy atom. The SMILES string of the molecule is C[C@@H]1[C@H](CSc2ncccn2)O[C@H](c2cccc(-c3cccc(CN4C(=O)CC(NC(=O)OCc5ccccc5)C4=O)c3)c2)O[C@@H]1c1ccc(CO)cc1. The summed E-state index contributed by atoms with van der Waals surface area (Å²) in [6.07, 6.45) is 1.43. The number of rotatable bonds is 12. The lowest BCUT2D eigenvalue weighted by atomic mass is 9.91. The fourth-order valence-corrected chi connectivity index (χ4v) is 7.56. The van der Waals surface area contributed by atoms with Crippen LogP contribution in [0.2, 0.25) is 0 Å². The molecule has 12 heteroatoms. The second kappa shape index (κ2) is 17.2. The third-order valence-electron chi connectivity index (χ3n) is 9.55. The van der Waals surface area contributed by atoms with Gasteiger partial charge in [0.25, 0.3) is 5.91 Å². The fraction of sp³-hybridized carbons (Fsp3) is 0.262. The topological polar surface area (TPSA) is 140 Å². The number of nitrogens with zero attached hydrogens (tertiary/aromatic N) is 3. The average Bonchev–Trinajstić information content (AvgIpc) is 3.47. The van der Waals surface area contributed by atoms with E-state index in [-0.39, 0.29) is 50.2 Å². The molecule has 3 amide bonds. The molecule has 1 aromatic heterocycles. The van der Waals surface area contributed by atoms with Crippen molar-refractivity contribution in [2.24, 2.45) is 5.92 Å². The monoisotopic (exact) mass is 744 g/mol. The lowest BCUT2D eigenvalue weighted by Gasteiger charge is -2.41. The molecule has 7 rings (SSSR count). The molecule has 1 unspecified atom stereocenters. The van der Waals surface area contributed by atoms with Gasteiger partial charge in [-0.1, -0.05) is 110 Å². The van der Waals surface area contributed by atoms with Crippen molar-refractivity contribution < 1.29 is 33.7 Å². The van der Waals surface area contributed by atoms with Gasteiger partial charge >= 0.3 is 6.09 Å². The standard InChI is InChI=1S/C42H40N4O7S/c1-27-36(26-54-41-43-18-7-19-44-41)52-40(53-38(27)31-16-14-28(24-47)15-17-31)34-13-6-12-33(21-34)32-11-5-10-30(20-32)23-46-37(48)22-35(39(46)49)45-42(50)51-25-29-8-3-2-4-9-29/h2-21,27,35-36,38,40,47H,22-26H2,1H3,(H,45,50)/t27-,35?,36+,38+,40+/m1/s1. The zero-order chi connectivity index (χ0) is 37.4. The average molecular weight is 745 g/mol. The molecule has 3 heterocycles. The van der Waals surface area contributed by atoms with E-state index >= 15 is 0 Å². The van der Waals surface area contributed by atoms with Gasteiger partial charge in [-0.05, 0) is 51.6 Å². The van der Waals surface area contributed by atoms with Crippen LogP contribution in [-0.2, 0) is 43.6 Å². The van der Waals surface area contributed by atoms with Crippen molar-refractivity contribution in [1.82, 2.24) is 20.2 Å². The molecule has 2 fully saturated rings. The number of alkyl carbamates (subject to hydrolysis) is 1. The normalized spacial score (nSPS) is 21.2. The van der Waals surface area contributed by atoms with Crippen LogP contribution in [0.3, 0.4) is 0 Å². The second-order valence-corrected chi connectivity index (χ2v) is 14.3. The Kier molecular flexibility index (Phi) is 11.7. The summed E-state index contributed by atoms with van der Waals surface area (Å²) in [4.78, 5) is 48.5. The summed E-state index contributed by atoms with van der Waals surface area (Å²) in [5.74, 6) is -0.217. The van der Waals surface area contributed by atoms with Gasteiger partial charge in [-0.25, -0.2) is 14.8 Å². The number of nitrogens with one attached hydrogen (secondary N) is 1. The number of aliphatic hydroxyl groups is 1. The summed E-state index contributed by atoms with van der Waals surface area (Å²) in [5.41, 5.74) is 6.04. The Morgan fingerprint density at radius 1 is 0.852 bits per heavy atom. The maximum atomic E-state index is 13.2. The summed E-state index contributed by atoms with van der Waals surface area (Å²) in [6.45, 7) is 2.20. The van der Waals surface area contributed by atoms with E-state index in [1.165, 1.54) is 16.7 Å². The highest BCUT2D eigenvalue weighted by molar-refractivity contribution is 7.99. The molecule has 0 bridgehead atoms. The van der Waals surface area contributed by atoms with Crippen LogP contribution < -0.4 is 5.32 Å². The van der Waals surface area contributed by atoms with Gasteiger partial charge in [-0.2, -0.15) is 0 Å². The molecule has 5 atom stereocenters. The number of thioether (sulfide) groups is 1. The van der Waals surface area contributed by atoms with Crippen LogP contribution in [0.1, 0.15) is 53.6 Å². The third-order valence-corrected chi connectivity index (χ3v) is 10.5. The molecule has 2 aliphatic rings. The number of likely N-dealkylation sites (tertiary alicyclic amines) is 1. The number of amides is 3. The first-order chi connectivity index (χ1) is 26.3. The first-order valence-corrected chi connectivity index (χ1v) is 18.7. The van der Waals surface area contributed by atoms with Crippen molar-refractivity contribution in [3.63, 3.8) is 0 Å². The third kappa shape index (κ3) is 8.86. The molecule has 54 heavy (non-hydrogen) atoms. The number of ether oxygens (including phenoxy) is 3. The van der Waals surface area contributed by atoms with E-state index in [1.807, 2.05) is 103 Å².